The first-order valence-electron chi connectivity index (χ1n) is 7.20. The first-order valence-corrected chi connectivity index (χ1v) is 7.20. The summed E-state index contributed by atoms with van der Waals surface area (Å²) < 4.78 is 0. The molecule has 1 fully saturated rings. The van der Waals surface area contributed by atoms with Crippen molar-refractivity contribution in [3.05, 3.63) is 35.4 Å². The van der Waals surface area contributed by atoms with Crippen LogP contribution < -0.4 is 0 Å². The molecule has 1 N–H and O–H groups in total. The summed E-state index contributed by atoms with van der Waals surface area (Å²) in [5, 5.41) is 9.21. The van der Waals surface area contributed by atoms with Gasteiger partial charge in [-0.15, -0.1) is 0 Å². The minimum Gasteiger partial charge on any atom is -0.481 e. The summed E-state index contributed by atoms with van der Waals surface area (Å²) in [6.07, 6.45) is 3.86. The largest absolute Gasteiger partial charge is 0.481 e. The van der Waals surface area contributed by atoms with Gasteiger partial charge in [0, 0.05) is 0 Å². The predicted octanol–water partition coefficient (Wildman–Crippen LogP) is 4.03. The number of aliphatic carboxylic acids is 1. The zero-order valence-corrected chi connectivity index (χ0v) is 12.1. The molecule has 0 aromatic heterocycles. The molecule has 2 atom stereocenters. The van der Waals surface area contributed by atoms with E-state index in [1.807, 2.05) is 0 Å². The Balaban J connectivity index is 2.06. The second kappa shape index (κ2) is 5.36. The van der Waals surface area contributed by atoms with Gasteiger partial charge < -0.3 is 5.11 Å². The Morgan fingerprint density at radius 3 is 2.37 bits per heavy atom. The van der Waals surface area contributed by atoms with Crippen LogP contribution in [-0.4, -0.2) is 11.1 Å². The fourth-order valence-corrected chi connectivity index (χ4v) is 3.05. The van der Waals surface area contributed by atoms with Gasteiger partial charge in [0.1, 0.15) is 0 Å². The van der Waals surface area contributed by atoms with Gasteiger partial charge >= 0.3 is 5.97 Å². The van der Waals surface area contributed by atoms with E-state index in [4.69, 9.17) is 0 Å². The molecular formula is C17H24O2. The SMILES string of the molecule is CC(C)(C)c1ccc(CC2CCCC2C(=O)O)cc1. The first kappa shape index (κ1) is 14.1. The zero-order valence-electron chi connectivity index (χ0n) is 12.1. The van der Waals surface area contributed by atoms with Crippen molar-refractivity contribution in [3.8, 4) is 0 Å². The van der Waals surface area contributed by atoms with Gasteiger partial charge in [0.2, 0.25) is 0 Å². The number of carbonyl (C=O) groups is 1. The topological polar surface area (TPSA) is 37.3 Å². The van der Waals surface area contributed by atoms with Gasteiger partial charge in [-0.1, -0.05) is 51.5 Å². The summed E-state index contributed by atoms with van der Waals surface area (Å²) in [7, 11) is 0. The van der Waals surface area contributed by atoms with Crippen LogP contribution in [0.25, 0.3) is 0 Å². The molecule has 1 aromatic rings. The summed E-state index contributed by atoms with van der Waals surface area (Å²) in [4.78, 5) is 11.2. The molecule has 1 aliphatic rings. The van der Waals surface area contributed by atoms with E-state index < -0.39 is 5.97 Å². The molecule has 0 amide bonds. The van der Waals surface area contributed by atoms with Crippen molar-refractivity contribution in [3.63, 3.8) is 0 Å². The van der Waals surface area contributed by atoms with Crippen LogP contribution in [-0.2, 0) is 16.6 Å². The maximum absolute atomic E-state index is 11.2. The highest BCUT2D eigenvalue weighted by molar-refractivity contribution is 5.70. The fraction of sp³-hybridized carbons (Fsp3) is 0.588. The molecule has 1 saturated carbocycles. The van der Waals surface area contributed by atoms with E-state index in [-0.39, 0.29) is 11.3 Å². The van der Waals surface area contributed by atoms with Crippen LogP contribution in [0.15, 0.2) is 24.3 Å². The second-order valence-corrected chi connectivity index (χ2v) is 6.79. The molecule has 0 bridgehead atoms. The minimum atomic E-state index is -0.617. The van der Waals surface area contributed by atoms with Crippen molar-refractivity contribution >= 4 is 5.97 Å². The van der Waals surface area contributed by atoms with Gasteiger partial charge in [-0.25, -0.2) is 0 Å². The van der Waals surface area contributed by atoms with E-state index in [0.717, 1.165) is 25.7 Å². The Morgan fingerprint density at radius 1 is 1.21 bits per heavy atom. The lowest BCUT2D eigenvalue weighted by Gasteiger charge is -2.20. The third kappa shape index (κ3) is 3.37. The van der Waals surface area contributed by atoms with Gasteiger partial charge in [-0.2, -0.15) is 0 Å². The van der Waals surface area contributed by atoms with Gasteiger partial charge in [0.15, 0.2) is 0 Å². The van der Waals surface area contributed by atoms with Crippen LogP contribution in [0.1, 0.15) is 51.2 Å². The van der Waals surface area contributed by atoms with E-state index in [0.29, 0.717) is 5.92 Å². The number of hydrogen-bond acceptors (Lipinski definition) is 1. The van der Waals surface area contributed by atoms with Crippen LogP contribution in [0.5, 0.6) is 0 Å². The molecule has 2 nitrogen and oxygen atoms in total. The molecular weight excluding hydrogens is 236 g/mol. The highest BCUT2D eigenvalue weighted by atomic mass is 16.4. The lowest BCUT2D eigenvalue weighted by atomic mass is 9.85. The smallest absolute Gasteiger partial charge is 0.306 e. The molecule has 2 rings (SSSR count). The fourth-order valence-electron chi connectivity index (χ4n) is 3.05. The van der Waals surface area contributed by atoms with E-state index in [9.17, 15) is 9.90 Å². The number of hydrogen-bond donors (Lipinski definition) is 1. The molecule has 2 unspecified atom stereocenters. The molecule has 0 saturated heterocycles. The standard InChI is InChI=1S/C17H24O2/c1-17(2,3)14-9-7-12(8-10-14)11-13-5-4-6-15(13)16(18)19/h7-10,13,15H,4-6,11H2,1-3H3,(H,18,19). The van der Waals surface area contributed by atoms with Crippen molar-refractivity contribution < 1.29 is 9.90 Å². The number of carboxylic acids is 1. The average molecular weight is 260 g/mol. The Labute approximate surface area is 115 Å². The molecule has 0 heterocycles. The Hall–Kier alpha value is -1.31. The van der Waals surface area contributed by atoms with E-state index in [2.05, 4.69) is 45.0 Å². The quantitative estimate of drug-likeness (QED) is 0.891. The summed E-state index contributed by atoms with van der Waals surface area (Å²) >= 11 is 0. The highest BCUT2D eigenvalue weighted by Crippen LogP contribution is 2.34. The molecule has 19 heavy (non-hydrogen) atoms. The normalized spacial score (nSPS) is 23.5. The van der Waals surface area contributed by atoms with Gasteiger partial charge in [0.05, 0.1) is 5.92 Å². The van der Waals surface area contributed by atoms with Crippen LogP contribution in [0.3, 0.4) is 0 Å². The summed E-state index contributed by atoms with van der Waals surface area (Å²) in [5.74, 6) is -0.436. The molecule has 1 aliphatic carbocycles. The van der Waals surface area contributed by atoms with Crippen molar-refractivity contribution in [2.45, 2.75) is 51.9 Å². The second-order valence-electron chi connectivity index (χ2n) is 6.79. The minimum absolute atomic E-state index is 0.137. The Bertz CT molecular complexity index is 439. The van der Waals surface area contributed by atoms with Gasteiger partial charge in [0.25, 0.3) is 0 Å². The van der Waals surface area contributed by atoms with Gasteiger partial charge in [-0.05, 0) is 41.7 Å². The molecule has 2 heteroatoms. The monoisotopic (exact) mass is 260 g/mol. The molecule has 0 radical (unpaired) electrons. The van der Waals surface area contributed by atoms with Crippen molar-refractivity contribution in [1.29, 1.82) is 0 Å². The third-order valence-electron chi connectivity index (χ3n) is 4.29. The van der Waals surface area contributed by atoms with E-state index in [1.54, 1.807) is 0 Å². The molecule has 0 spiro atoms. The maximum Gasteiger partial charge on any atom is 0.306 e. The van der Waals surface area contributed by atoms with Gasteiger partial charge in [-0.3, -0.25) is 4.79 Å². The van der Waals surface area contributed by atoms with E-state index in [1.165, 1.54) is 11.1 Å². The Kier molecular flexibility index (Phi) is 3.98. The number of rotatable bonds is 3. The average Bonchev–Trinajstić information content (AvgIpc) is 2.77. The predicted molar refractivity (Wildman–Crippen MR) is 77.3 cm³/mol. The zero-order chi connectivity index (χ0) is 14.0. The lowest BCUT2D eigenvalue weighted by molar-refractivity contribution is -0.142. The maximum atomic E-state index is 11.2. The Morgan fingerprint density at radius 2 is 1.84 bits per heavy atom. The summed E-state index contributed by atoms with van der Waals surface area (Å²) in [5.41, 5.74) is 2.78. The van der Waals surface area contributed by atoms with E-state index >= 15 is 0 Å². The highest BCUT2D eigenvalue weighted by Gasteiger charge is 2.32. The molecule has 104 valence electrons. The lowest BCUT2D eigenvalue weighted by Crippen LogP contribution is -2.20. The van der Waals surface area contributed by atoms with Crippen molar-refractivity contribution in [2.75, 3.05) is 0 Å². The summed E-state index contributed by atoms with van der Waals surface area (Å²) in [6.45, 7) is 6.62. The molecule has 0 aliphatic heterocycles. The van der Waals surface area contributed by atoms with Crippen LogP contribution >= 0.6 is 0 Å². The summed E-state index contributed by atoms with van der Waals surface area (Å²) in [6, 6.07) is 8.69. The number of carboxylic acid groups (broad SMARTS) is 1. The van der Waals surface area contributed by atoms with Crippen LogP contribution in [0.2, 0.25) is 0 Å². The number of benzene rings is 1. The van der Waals surface area contributed by atoms with Crippen LogP contribution in [0.4, 0.5) is 0 Å². The first-order chi connectivity index (χ1) is 8.88. The van der Waals surface area contributed by atoms with Crippen molar-refractivity contribution in [1.82, 2.24) is 0 Å². The van der Waals surface area contributed by atoms with Crippen molar-refractivity contribution in [2.24, 2.45) is 11.8 Å². The molecule has 1 aromatic carbocycles. The third-order valence-corrected chi connectivity index (χ3v) is 4.29. The van der Waals surface area contributed by atoms with Crippen LogP contribution in [0, 0.1) is 11.8 Å².